The number of carbonyl (C=O) groups is 1. The van der Waals surface area contributed by atoms with Crippen LogP contribution in [-0.4, -0.2) is 17.7 Å². The molecule has 2 rings (SSSR count). The van der Waals surface area contributed by atoms with Crippen LogP contribution in [0.3, 0.4) is 0 Å². The molecular weight excluding hydrogens is 316 g/mol. The van der Waals surface area contributed by atoms with Crippen molar-refractivity contribution in [3.63, 3.8) is 0 Å². The van der Waals surface area contributed by atoms with Gasteiger partial charge in [-0.1, -0.05) is 24.3 Å². The van der Waals surface area contributed by atoms with Gasteiger partial charge in [0.25, 0.3) is 0 Å². The summed E-state index contributed by atoms with van der Waals surface area (Å²) in [4.78, 5) is 12.0. The molecule has 8 N–H and O–H groups in total. The van der Waals surface area contributed by atoms with E-state index >= 15 is 0 Å². The molecule has 0 aliphatic rings. The van der Waals surface area contributed by atoms with E-state index in [1.165, 1.54) is 0 Å². The van der Waals surface area contributed by atoms with Gasteiger partial charge in [0.05, 0.1) is 0 Å². The van der Waals surface area contributed by atoms with Crippen molar-refractivity contribution in [3.8, 4) is 0 Å². The fraction of sp³-hybridized carbons (Fsp3) is 0. The van der Waals surface area contributed by atoms with Crippen molar-refractivity contribution >= 4 is 41.5 Å². The van der Waals surface area contributed by atoms with Crippen LogP contribution in [-0.2, 0) is 0 Å². The largest absolute Gasteiger partial charge is 0.384 e. The number of amidine groups is 2. The second-order valence-corrected chi connectivity index (χ2v) is 4.57. The predicted octanol–water partition coefficient (Wildman–Crippen LogP) is 2.32. The molecule has 0 aliphatic carbocycles. The van der Waals surface area contributed by atoms with E-state index in [1.807, 2.05) is 0 Å². The molecule has 8 heteroatoms. The maximum atomic E-state index is 12.0. The zero-order valence-electron chi connectivity index (χ0n) is 12.1. The fourth-order valence-corrected chi connectivity index (χ4v) is 1.82. The molecule has 0 atom stereocenters. The lowest BCUT2D eigenvalue weighted by molar-refractivity contribution is 0.262. The third-order valence-electron chi connectivity index (χ3n) is 2.86. The van der Waals surface area contributed by atoms with Crippen molar-refractivity contribution in [2.45, 2.75) is 0 Å². The number of hydrogen-bond donors (Lipinski definition) is 6. The van der Waals surface area contributed by atoms with Crippen molar-refractivity contribution in [1.29, 1.82) is 10.8 Å². The van der Waals surface area contributed by atoms with Crippen molar-refractivity contribution in [2.75, 3.05) is 10.6 Å². The minimum atomic E-state index is -0.443. The molecule has 0 spiro atoms. The highest BCUT2D eigenvalue weighted by Gasteiger charge is 2.05. The standard InChI is InChI=1S/C15H16N6O.ClH/c16-13(17)9-3-1-5-11(7-9)20-15(22)21-12-6-2-4-10(8-12)14(18)19;/h1-8H,(H3,16,17)(H3,18,19)(H2,20,21,22);1H. The number of amides is 2. The average molecular weight is 333 g/mol. The Morgan fingerprint density at radius 2 is 1.22 bits per heavy atom. The monoisotopic (exact) mass is 332 g/mol. The van der Waals surface area contributed by atoms with Crippen molar-refractivity contribution < 1.29 is 4.79 Å². The lowest BCUT2D eigenvalue weighted by Crippen LogP contribution is -2.20. The molecule has 0 radical (unpaired) electrons. The smallest absolute Gasteiger partial charge is 0.323 e. The molecule has 0 saturated heterocycles. The summed E-state index contributed by atoms with van der Waals surface area (Å²) < 4.78 is 0. The van der Waals surface area contributed by atoms with Crippen LogP contribution in [0.4, 0.5) is 16.2 Å². The van der Waals surface area contributed by atoms with Crippen molar-refractivity contribution in [1.82, 2.24) is 0 Å². The van der Waals surface area contributed by atoms with Gasteiger partial charge in [-0.15, -0.1) is 12.4 Å². The first kappa shape index (κ1) is 18.0. The average Bonchev–Trinajstić information content (AvgIpc) is 2.47. The lowest BCUT2D eigenvalue weighted by Gasteiger charge is -2.09. The van der Waals surface area contributed by atoms with Gasteiger partial charge < -0.3 is 22.1 Å². The van der Waals surface area contributed by atoms with Crippen LogP contribution in [0.5, 0.6) is 0 Å². The lowest BCUT2D eigenvalue weighted by atomic mass is 10.2. The molecule has 0 heterocycles. The predicted molar refractivity (Wildman–Crippen MR) is 94.8 cm³/mol. The van der Waals surface area contributed by atoms with Gasteiger partial charge in [0, 0.05) is 22.5 Å². The van der Waals surface area contributed by atoms with Crippen molar-refractivity contribution in [2.24, 2.45) is 11.5 Å². The maximum Gasteiger partial charge on any atom is 0.323 e. The molecule has 0 aliphatic heterocycles. The molecule has 2 aromatic rings. The quantitative estimate of drug-likeness (QED) is 0.378. The number of halogens is 1. The summed E-state index contributed by atoms with van der Waals surface area (Å²) in [6, 6.07) is 12.9. The number of nitrogen functional groups attached to an aromatic ring is 2. The number of rotatable bonds is 4. The normalized spacial score (nSPS) is 9.39. The molecule has 0 aromatic heterocycles. The Labute approximate surface area is 139 Å². The van der Waals surface area contributed by atoms with E-state index in [0.29, 0.717) is 22.5 Å². The van der Waals surface area contributed by atoms with Gasteiger partial charge in [0.1, 0.15) is 11.7 Å². The minimum absolute atomic E-state index is 0. The highest BCUT2D eigenvalue weighted by molar-refractivity contribution is 6.02. The summed E-state index contributed by atoms with van der Waals surface area (Å²) in [6.07, 6.45) is 0. The molecule has 2 aromatic carbocycles. The number of urea groups is 1. The Morgan fingerprint density at radius 1 is 0.826 bits per heavy atom. The number of benzene rings is 2. The van der Waals surface area contributed by atoms with Crippen LogP contribution >= 0.6 is 12.4 Å². The first-order valence-electron chi connectivity index (χ1n) is 6.42. The molecular formula is C15H17ClN6O. The zero-order chi connectivity index (χ0) is 16.1. The Kier molecular flexibility index (Phi) is 6.11. The van der Waals surface area contributed by atoms with Gasteiger partial charge in [-0.2, -0.15) is 0 Å². The summed E-state index contributed by atoms with van der Waals surface area (Å²) in [5.41, 5.74) is 12.9. The van der Waals surface area contributed by atoms with Crippen LogP contribution in [0, 0.1) is 10.8 Å². The highest BCUT2D eigenvalue weighted by Crippen LogP contribution is 2.13. The van der Waals surface area contributed by atoms with E-state index in [4.69, 9.17) is 22.3 Å². The van der Waals surface area contributed by atoms with E-state index in [0.717, 1.165) is 0 Å². The summed E-state index contributed by atoms with van der Waals surface area (Å²) in [6.45, 7) is 0. The minimum Gasteiger partial charge on any atom is -0.384 e. The Bertz CT molecular complexity index is 685. The molecule has 120 valence electrons. The fourth-order valence-electron chi connectivity index (χ4n) is 1.82. The third-order valence-corrected chi connectivity index (χ3v) is 2.86. The molecule has 7 nitrogen and oxygen atoms in total. The topological polar surface area (TPSA) is 141 Å². The summed E-state index contributed by atoms with van der Waals surface area (Å²) >= 11 is 0. The number of carbonyl (C=O) groups excluding carboxylic acids is 1. The number of nitrogens with one attached hydrogen (secondary N) is 4. The molecule has 0 bridgehead atoms. The third kappa shape index (κ3) is 5.01. The molecule has 0 fully saturated rings. The Balaban J connectivity index is 0.00000264. The summed E-state index contributed by atoms with van der Waals surface area (Å²) in [5.74, 6) is -0.142. The van der Waals surface area contributed by atoms with E-state index < -0.39 is 6.03 Å². The first-order chi connectivity index (χ1) is 10.5. The molecule has 0 saturated carbocycles. The second-order valence-electron chi connectivity index (χ2n) is 4.57. The molecule has 2 amide bonds. The summed E-state index contributed by atoms with van der Waals surface area (Å²) in [7, 11) is 0. The SMILES string of the molecule is Cl.N=C(N)c1cccc(NC(=O)Nc2cccc(C(=N)N)c2)c1. The maximum absolute atomic E-state index is 12.0. The Morgan fingerprint density at radius 3 is 1.57 bits per heavy atom. The van der Waals surface area contributed by atoms with E-state index in [-0.39, 0.29) is 24.1 Å². The number of nitrogens with two attached hydrogens (primary N) is 2. The van der Waals surface area contributed by atoms with E-state index in [9.17, 15) is 4.79 Å². The van der Waals surface area contributed by atoms with Crippen LogP contribution in [0.15, 0.2) is 48.5 Å². The zero-order valence-corrected chi connectivity index (χ0v) is 12.9. The van der Waals surface area contributed by atoms with Crippen LogP contribution < -0.4 is 22.1 Å². The first-order valence-corrected chi connectivity index (χ1v) is 6.42. The van der Waals surface area contributed by atoms with Gasteiger partial charge in [-0.3, -0.25) is 10.8 Å². The highest BCUT2D eigenvalue weighted by atomic mass is 35.5. The van der Waals surface area contributed by atoms with Gasteiger partial charge >= 0.3 is 6.03 Å². The van der Waals surface area contributed by atoms with Gasteiger partial charge in [-0.05, 0) is 24.3 Å². The van der Waals surface area contributed by atoms with Crippen LogP contribution in [0.25, 0.3) is 0 Å². The number of hydrogen-bond acceptors (Lipinski definition) is 3. The van der Waals surface area contributed by atoms with Crippen molar-refractivity contribution in [3.05, 3.63) is 59.7 Å². The second kappa shape index (κ2) is 7.81. The van der Waals surface area contributed by atoms with Gasteiger partial charge in [-0.25, -0.2) is 4.79 Å². The summed E-state index contributed by atoms with van der Waals surface area (Å²) in [5, 5.41) is 20.0. The van der Waals surface area contributed by atoms with E-state index in [2.05, 4.69) is 10.6 Å². The van der Waals surface area contributed by atoms with Gasteiger partial charge in [0.2, 0.25) is 0 Å². The number of anilines is 2. The van der Waals surface area contributed by atoms with Crippen LogP contribution in [0.1, 0.15) is 11.1 Å². The van der Waals surface area contributed by atoms with Crippen LogP contribution in [0.2, 0.25) is 0 Å². The Hall–Kier alpha value is -3.06. The van der Waals surface area contributed by atoms with E-state index in [1.54, 1.807) is 48.5 Å². The van der Waals surface area contributed by atoms with Gasteiger partial charge in [0.15, 0.2) is 0 Å². The molecule has 23 heavy (non-hydrogen) atoms. The molecule has 0 unspecified atom stereocenters.